The van der Waals surface area contributed by atoms with E-state index in [2.05, 4.69) is 20.3 Å². The zero-order valence-corrected chi connectivity index (χ0v) is 18.4. The summed E-state index contributed by atoms with van der Waals surface area (Å²) < 4.78 is 27.2. The lowest BCUT2D eigenvalue weighted by Crippen LogP contribution is -2.39. The Labute approximate surface area is 183 Å². The van der Waals surface area contributed by atoms with Crippen molar-refractivity contribution in [2.24, 2.45) is 0 Å². The summed E-state index contributed by atoms with van der Waals surface area (Å²) in [6.07, 6.45) is 3.70. The average Bonchev–Trinajstić information content (AvgIpc) is 2.79. The molecule has 0 spiro atoms. The second-order valence-corrected chi connectivity index (χ2v) is 9.91. The van der Waals surface area contributed by atoms with Crippen molar-refractivity contribution in [3.8, 4) is 0 Å². The van der Waals surface area contributed by atoms with Gasteiger partial charge in [-0.2, -0.15) is 0 Å². The molecule has 7 nitrogen and oxygen atoms in total. The van der Waals surface area contributed by atoms with E-state index in [1.807, 2.05) is 61.5 Å². The highest BCUT2D eigenvalue weighted by Crippen LogP contribution is 2.28. The van der Waals surface area contributed by atoms with Gasteiger partial charge in [0.05, 0.1) is 5.75 Å². The Morgan fingerprint density at radius 3 is 2.45 bits per heavy atom. The Morgan fingerprint density at radius 2 is 1.74 bits per heavy atom. The number of piperidine rings is 1. The third-order valence-corrected chi connectivity index (χ3v) is 7.37. The van der Waals surface area contributed by atoms with E-state index in [9.17, 15) is 8.42 Å². The molecule has 1 N–H and O–H groups in total. The second-order valence-electron chi connectivity index (χ2n) is 7.82. The van der Waals surface area contributed by atoms with Crippen LogP contribution in [0.15, 0.2) is 60.8 Å². The number of hydrogen-bond acceptors (Lipinski definition) is 6. The van der Waals surface area contributed by atoms with Gasteiger partial charge in [-0.25, -0.2) is 27.7 Å². The molecule has 1 saturated heterocycles. The third-order valence-electron chi connectivity index (χ3n) is 5.50. The van der Waals surface area contributed by atoms with Crippen molar-refractivity contribution in [3.05, 3.63) is 77.9 Å². The summed E-state index contributed by atoms with van der Waals surface area (Å²) >= 11 is 0. The molecular weight excluding hydrogens is 410 g/mol. The van der Waals surface area contributed by atoms with E-state index in [4.69, 9.17) is 0 Å². The lowest BCUT2D eigenvalue weighted by atomic mass is 9.97. The molecule has 0 saturated carbocycles. The maximum atomic E-state index is 12.8. The molecule has 4 rings (SSSR count). The second kappa shape index (κ2) is 9.53. The highest BCUT2D eigenvalue weighted by Gasteiger charge is 2.29. The van der Waals surface area contributed by atoms with Gasteiger partial charge in [-0.05, 0) is 43.9 Å². The van der Waals surface area contributed by atoms with Gasteiger partial charge < -0.3 is 5.32 Å². The molecule has 0 amide bonds. The fourth-order valence-corrected chi connectivity index (χ4v) is 5.34. The van der Waals surface area contributed by atoms with Crippen molar-refractivity contribution >= 4 is 21.7 Å². The molecular formula is C23H27N5O2S. The van der Waals surface area contributed by atoms with E-state index in [0.29, 0.717) is 25.3 Å². The van der Waals surface area contributed by atoms with Crippen molar-refractivity contribution in [2.75, 3.05) is 24.2 Å². The van der Waals surface area contributed by atoms with Crippen molar-refractivity contribution < 1.29 is 8.42 Å². The number of aryl methyl sites for hydroxylation is 2. The van der Waals surface area contributed by atoms with Crippen LogP contribution in [0, 0.1) is 6.92 Å². The number of benzene rings is 1. The van der Waals surface area contributed by atoms with E-state index in [1.165, 1.54) is 0 Å². The van der Waals surface area contributed by atoms with E-state index in [-0.39, 0.29) is 11.7 Å². The van der Waals surface area contributed by atoms with Crippen LogP contribution in [0.5, 0.6) is 0 Å². The molecule has 0 radical (unpaired) electrons. The van der Waals surface area contributed by atoms with Crippen LogP contribution in [0.2, 0.25) is 0 Å². The van der Waals surface area contributed by atoms with E-state index in [1.54, 1.807) is 10.5 Å². The first kappa shape index (κ1) is 21.4. The van der Waals surface area contributed by atoms with Crippen LogP contribution in [-0.2, 0) is 16.4 Å². The molecule has 0 atom stereocenters. The fourth-order valence-electron chi connectivity index (χ4n) is 3.82. The van der Waals surface area contributed by atoms with Crippen LogP contribution in [0.3, 0.4) is 0 Å². The van der Waals surface area contributed by atoms with Crippen LogP contribution in [0.1, 0.15) is 35.8 Å². The van der Waals surface area contributed by atoms with Crippen molar-refractivity contribution in [2.45, 2.75) is 32.1 Å². The largest absolute Gasteiger partial charge is 0.325 e. The molecule has 0 aliphatic carbocycles. The van der Waals surface area contributed by atoms with Crippen molar-refractivity contribution in [1.82, 2.24) is 19.3 Å². The molecule has 1 aliphatic rings. The standard InChI is InChI=1S/C23H27N5O2S/c1-18-17-22(26-21-9-5-6-13-24-21)27-23(25-18)20-10-14-28(15-11-20)31(29,30)16-12-19-7-3-2-4-8-19/h2-9,13,17,20H,10-12,14-16H2,1H3,(H,24,25,26,27). The minimum atomic E-state index is -3.27. The monoisotopic (exact) mass is 437 g/mol. The number of anilines is 2. The molecule has 3 aromatic rings. The summed E-state index contributed by atoms with van der Waals surface area (Å²) in [6.45, 7) is 2.95. The minimum Gasteiger partial charge on any atom is -0.325 e. The van der Waals surface area contributed by atoms with Crippen LogP contribution < -0.4 is 5.32 Å². The number of rotatable bonds is 7. The van der Waals surface area contributed by atoms with Crippen LogP contribution in [-0.4, -0.2) is 46.5 Å². The Kier molecular flexibility index (Phi) is 6.58. The molecule has 1 fully saturated rings. The molecule has 0 bridgehead atoms. The van der Waals surface area contributed by atoms with E-state index < -0.39 is 10.0 Å². The predicted molar refractivity (Wildman–Crippen MR) is 122 cm³/mol. The van der Waals surface area contributed by atoms with Crippen LogP contribution >= 0.6 is 0 Å². The topological polar surface area (TPSA) is 88.1 Å². The van der Waals surface area contributed by atoms with E-state index >= 15 is 0 Å². The first-order valence-corrected chi connectivity index (χ1v) is 12.2. The zero-order valence-electron chi connectivity index (χ0n) is 17.6. The Morgan fingerprint density at radius 1 is 1.00 bits per heavy atom. The van der Waals surface area contributed by atoms with Gasteiger partial charge in [0.15, 0.2) is 0 Å². The third kappa shape index (κ3) is 5.65. The van der Waals surface area contributed by atoms with Crippen molar-refractivity contribution in [3.63, 3.8) is 0 Å². The highest BCUT2D eigenvalue weighted by atomic mass is 32.2. The van der Waals surface area contributed by atoms with Crippen molar-refractivity contribution in [1.29, 1.82) is 0 Å². The lowest BCUT2D eigenvalue weighted by molar-refractivity contribution is 0.313. The maximum Gasteiger partial charge on any atom is 0.214 e. The Hall–Kier alpha value is -2.84. The summed E-state index contributed by atoms with van der Waals surface area (Å²) in [6, 6.07) is 17.3. The SMILES string of the molecule is Cc1cc(Nc2ccccn2)nc(C2CCN(S(=O)(=O)CCc3ccccc3)CC2)n1. The summed E-state index contributed by atoms with van der Waals surface area (Å²) in [5.74, 6) is 2.48. The molecule has 1 aliphatic heterocycles. The number of hydrogen-bond donors (Lipinski definition) is 1. The zero-order chi connectivity index (χ0) is 21.7. The van der Waals surface area contributed by atoms with Crippen LogP contribution in [0.25, 0.3) is 0 Å². The number of aromatic nitrogens is 3. The van der Waals surface area contributed by atoms with E-state index in [0.717, 1.165) is 35.7 Å². The van der Waals surface area contributed by atoms with Gasteiger partial charge in [0, 0.05) is 37.0 Å². The molecule has 31 heavy (non-hydrogen) atoms. The number of sulfonamides is 1. The average molecular weight is 438 g/mol. The number of nitrogens with zero attached hydrogens (tertiary/aromatic N) is 4. The first-order valence-electron chi connectivity index (χ1n) is 10.5. The summed E-state index contributed by atoms with van der Waals surface area (Å²) in [4.78, 5) is 13.6. The molecule has 2 aromatic heterocycles. The molecule has 8 heteroatoms. The highest BCUT2D eigenvalue weighted by molar-refractivity contribution is 7.89. The van der Waals surface area contributed by atoms with Gasteiger partial charge in [-0.15, -0.1) is 0 Å². The van der Waals surface area contributed by atoms with Gasteiger partial charge in [0.2, 0.25) is 10.0 Å². The number of nitrogens with one attached hydrogen (secondary N) is 1. The molecule has 162 valence electrons. The normalized spacial score (nSPS) is 15.6. The maximum absolute atomic E-state index is 12.8. The lowest BCUT2D eigenvalue weighted by Gasteiger charge is -2.30. The summed E-state index contributed by atoms with van der Waals surface area (Å²) in [5.41, 5.74) is 1.92. The molecule has 3 heterocycles. The van der Waals surface area contributed by atoms with Gasteiger partial charge >= 0.3 is 0 Å². The van der Waals surface area contributed by atoms with Gasteiger partial charge in [-0.1, -0.05) is 36.4 Å². The first-order chi connectivity index (χ1) is 15.0. The minimum absolute atomic E-state index is 0.140. The van der Waals surface area contributed by atoms with Gasteiger partial charge in [0.25, 0.3) is 0 Å². The fraction of sp³-hybridized carbons (Fsp3) is 0.348. The number of pyridine rings is 1. The quantitative estimate of drug-likeness (QED) is 0.607. The van der Waals surface area contributed by atoms with Gasteiger partial charge in [0.1, 0.15) is 17.5 Å². The molecule has 1 aromatic carbocycles. The Balaban J connectivity index is 1.38. The van der Waals surface area contributed by atoms with Gasteiger partial charge in [-0.3, -0.25) is 0 Å². The predicted octanol–water partition coefficient (Wildman–Crippen LogP) is 3.68. The molecule has 0 unspecified atom stereocenters. The Bertz CT molecular complexity index is 1100. The summed E-state index contributed by atoms with van der Waals surface area (Å²) in [7, 11) is -3.27. The smallest absolute Gasteiger partial charge is 0.214 e. The summed E-state index contributed by atoms with van der Waals surface area (Å²) in [5, 5.41) is 3.22. The van der Waals surface area contributed by atoms with Crippen LogP contribution in [0.4, 0.5) is 11.6 Å².